The summed E-state index contributed by atoms with van der Waals surface area (Å²) in [7, 11) is 0. The third-order valence-electron chi connectivity index (χ3n) is 4.44. The Labute approximate surface area is 171 Å². The summed E-state index contributed by atoms with van der Waals surface area (Å²) in [5.41, 5.74) is 4.25. The SMILES string of the molecule is CCCCc1ccc(NC(=O)C(=O)Nc2ccc(Nc3ccccc3)cc2)cc1. The highest BCUT2D eigenvalue weighted by molar-refractivity contribution is 6.43. The summed E-state index contributed by atoms with van der Waals surface area (Å²) in [6.45, 7) is 2.15. The minimum absolute atomic E-state index is 0.554. The summed E-state index contributed by atoms with van der Waals surface area (Å²) in [4.78, 5) is 24.3. The molecule has 0 saturated heterocycles. The highest BCUT2D eigenvalue weighted by Gasteiger charge is 2.14. The first kappa shape index (κ1) is 20.1. The molecule has 29 heavy (non-hydrogen) atoms. The highest BCUT2D eigenvalue weighted by Crippen LogP contribution is 2.19. The van der Waals surface area contributed by atoms with E-state index in [4.69, 9.17) is 0 Å². The topological polar surface area (TPSA) is 70.2 Å². The highest BCUT2D eigenvalue weighted by atomic mass is 16.2. The van der Waals surface area contributed by atoms with Gasteiger partial charge in [-0.25, -0.2) is 0 Å². The summed E-state index contributed by atoms with van der Waals surface area (Å²) in [6, 6.07) is 24.6. The molecular weight excluding hydrogens is 362 g/mol. The maximum Gasteiger partial charge on any atom is 0.314 e. The van der Waals surface area contributed by atoms with Crippen LogP contribution in [0, 0.1) is 0 Å². The summed E-state index contributed by atoms with van der Waals surface area (Å²) in [5.74, 6) is -1.40. The predicted octanol–water partition coefficient (Wildman–Crippen LogP) is 5.35. The number of unbranched alkanes of at least 4 members (excludes halogenated alkanes) is 1. The van der Waals surface area contributed by atoms with Gasteiger partial charge in [-0.2, -0.15) is 0 Å². The van der Waals surface area contributed by atoms with Crippen LogP contribution in [0.15, 0.2) is 78.9 Å². The fourth-order valence-corrected chi connectivity index (χ4v) is 2.84. The molecule has 0 unspecified atom stereocenters. The fourth-order valence-electron chi connectivity index (χ4n) is 2.84. The normalized spacial score (nSPS) is 10.2. The van der Waals surface area contributed by atoms with Crippen LogP contribution in [0.2, 0.25) is 0 Å². The molecule has 0 aliphatic carbocycles. The zero-order chi connectivity index (χ0) is 20.5. The number of hydrogen-bond donors (Lipinski definition) is 3. The van der Waals surface area contributed by atoms with Crippen LogP contribution >= 0.6 is 0 Å². The van der Waals surface area contributed by atoms with E-state index in [2.05, 4.69) is 22.9 Å². The van der Waals surface area contributed by atoms with Crippen LogP contribution in [0.3, 0.4) is 0 Å². The van der Waals surface area contributed by atoms with E-state index in [0.717, 1.165) is 30.6 Å². The van der Waals surface area contributed by atoms with Crippen LogP contribution in [0.25, 0.3) is 0 Å². The number of amides is 2. The molecule has 3 rings (SSSR count). The maximum atomic E-state index is 12.2. The molecule has 0 aliphatic rings. The number of aryl methyl sites for hydroxylation is 1. The smallest absolute Gasteiger partial charge is 0.314 e. The van der Waals surface area contributed by atoms with E-state index in [9.17, 15) is 9.59 Å². The number of anilines is 4. The van der Waals surface area contributed by atoms with Crippen molar-refractivity contribution in [3.8, 4) is 0 Å². The summed E-state index contributed by atoms with van der Waals surface area (Å²) in [6.07, 6.45) is 3.29. The van der Waals surface area contributed by atoms with Gasteiger partial charge in [0, 0.05) is 22.7 Å². The Morgan fingerprint density at radius 2 is 1.14 bits per heavy atom. The van der Waals surface area contributed by atoms with Crippen molar-refractivity contribution in [2.45, 2.75) is 26.2 Å². The van der Waals surface area contributed by atoms with Crippen molar-refractivity contribution in [2.75, 3.05) is 16.0 Å². The Bertz CT molecular complexity index is 936. The van der Waals surface area contributed by atoms with Crippen molar-refractivity contribution in [2.24, 2.45) is 0 Å². The second-order valence-corrected chi connectivity index (χ2v) is 6.78. The van der Waals surface area contributed by atoms with E-state index < -0.39 is 11.8 Å². The van der Waals surface area contributed by atoms with Crippen LogP contribution in [0.5, 0.6) is 0 Å². The van der Waals surface area contributed by atoms with Crippen LogP contribution in [-0.4, -0.2) is 11.8 Å². The van der Waals surface area contributed by atoms with Gasteiger partial charge in [-0.3, -0.25) is 9.59 Å². The lowest BCUT2D eigenvalue weighted by Crippen LogP contribution is -2.29. The molecule has 0 aromatic heterocycles. The lowest BCUT2D eigenvalue weighted by Gasteiger charge is -2.09. The van der Waals surface area contributed by atoms with E-state index in [1.165, 1.54) is 5.56 Å². The van der Waals surface area contributed by atoms with Crippen molar-refractivity contribution < 1.29 is 9.59 Å². The molecule has 0 spiro atoms. The molecular formula is C24H25N3O2. The number of carbonyl (C=O) groups is 2. The van der Waals surface area contributed by atoms with Crippen molar-refractivity contribution in [3.63, 3.8) is 0 Å². The Balaban J connectivity index is 1.52. The average Bonchev–Trinajstić information content (AvgIpc) is 2.75. The van der Waals surface area contributed by atoms with Crippen molar-refractivity contribution in [1.29, 1.82) is 0 Å². The first-order valence-electron chi connectivity index (χ1n) is 9.77. The fraction of sp³-hybridized carbons (Fsp3) is 0.167. The van der Waals surface area contributed by atoms with Crippen molar-refractivity contribution in [1.82, 2.24) is 0 Å². The Morgan fingerprint density at radius 3 is 1.69 bits per heavy atom. The largest absolute Gasteiger partial charge is 0.356 e. The molecule has 3 aromatic carbocycles. The van der Waals surface area contributed by atoms with Crippen LogP contribution in [0.1, 0.15) is 25.3 Å². The standard InChI is InChI=1S/C24H25N3O2/c1-2-3-7-18-10-12-21(13-11-18)26-23(28)24(29)27-22-16-14-20(15-17-22)25-19-8-5-4-6-9-19/h4-6,8-17,25H,2-3,7H2,1H3,(H,26,28)(H,27,29). The molecule has 0 heterocycles. The van der Waals surface area contributed by atoms with Gasteiger partial charge in [-0.1, -0.05) is 43.7 Å². The molecule has 3 N–H and O–H groups in total. The van der Waals surface area contributed by atoms with Crippen molar-refractivity contribution >= 4 is 34.6 Å². The van der Waals surface area contributed by atoms with E-state index in [0.29, 0.717) is 11.4 Å². The predicted molar refractivity (Wildman–Crippen MR) is 118 cm³/mol. The number of nitrogens with one attached hydrogen (secondary N) is 3. The average molecular weight is 387 g/mol. The second kappa shape index (κ2) is 10.1. The molecule has 0 saturated carbocycles. The van der Waals surface area contributed by atoms with Crippen LogP contribution < -0.4 is 16.0 Å². The number of rotatable bonds is 7. The van der Waals surface area contributed by atoms with Gasteiger partial charge >= 0.3 is 11.8 Å². The quantitative estimate of drug-likeness (QED) is 0.479. The van der Waals surface area contributed by atoms with E-state index in [-0.39, 0.29) is 0 Å². The van der Waals surface area contributed by atoms with Gasteiger partial charge in [-0.05, 0) is 66.9 Å². The van der Waals surface area contributed by atoms with E-state index in [1.54, 1.807) is 12.1 Å². The Kier molecular flexibility index (Phi) is 7.00. The van der Waals surface area contributed by atoms with Gasteiger partial charge in [0.05, 0.1) is 0 Å². The zero-order valence-electron chi connectivity index (χ0n) is 16.4. The minimum atomic E-state index is -0.705. The molecule has 5 heteroatoms. The second-order valence-electron chi connectivity index (χ2n) is 6.78. The number of hydrogen-bond acceptors (Lipinski definition) is 3. The molecule has 5 nitrogen and oxygen atoms in total. The molecule has 0 fully saturated rings. The molecule has 3 aromatic rings. The van der Waals surface area contributed by atoms with Gasteiger partial charge in [-0.15, -0.1) is 0 Å². The van der Waals surface area contributed by atoms with Gasteiger partial charge in [0.2, 0.25) is 0 Å². The first-order valence-corrected chi connectivity index (χ1v) is 9.77. The van der Waals surface area contributed by atoms with Crippen molar-refractivity contribution in [3.05, 3.63) is 84.4 Å². The summed E-state index contributed by atoms with van der Waals surface area (Å²) in [5, 5.41) is 8.50. The maximum absolute atomic E-state index is 12.2. The van der Waals surface area contributed by atoms with Gasteiger partial charge < -0.3 is 16.0 Å². The van der Waals surface area contributed by atoms with Gasteiger partial charge in [0.25, 0.3) is 0 Å². The van der Waals surface area contributed by atoms with Gasteiger partial charge in [0.1, 0.15) is 0 Å². The molecule has 0 bridgehead atoms. The van der Waals surface area contributed by atoms with E-state index in [1.807, 2.05) is 66.7 Å². The lowest BCUT2D eigenvalue weighted by molar-refractivity contribution is -0.132. The summed E-state index contributed by atoms with van der Waals surface area (Å²) < 4.78 is 0. The lowest BCUT2D eigenvalue weighted by atomic mass is 10.1. The minimum Gasteiger partial charge on any atom is -0.356 e. The Morgan fingerprint density at radius 1 is 0.655 bits per heavy atom. The number of para-hydroxylation sites is 1. The zero-order valence-corrected chi connectivity index (χ0v) is 16.4. The third kappa shape index (κ3) is 6.21. The van der Waals surface area contributed by atoms with E-state index >= 15 is 0 Å². The first-order chi connectivity index (χ1) is 14.1. The third-order valence-corrected chi connectivity index (χ3v) is 4.44. The monoisotopic (exact) mass is 387 g/mol. The summed E-state index contributed by atoms with van der Waals surface area (Å²) >= 11 is 0. The van der Waals surface area contributed by atoms with Gasteiger partial charge in [0.15, 0.2) is 0 Å². The Hall–Kier alpha value is -3.60. The molecule has 0 radical (unpaired) electrons. The van der Waals surface area contributed by atoms with Crippen LogP contribution in [0.4, 0.5) is 22.7 Å². The molecule has 148 valence electrons. The molecule has 0 atom stereocenters. The number of benzene rings is 3. The molecule has 0 aliphatic heterocycles. The number of carbonyl (C=O) groups excluding carboxylic acids is 2. The molecule has 2 amide bonds. The van der Waals surface area contributed by atoms with Crippen LogP contribution in [-0.2, 0) is 16.0 Å².